The zero-order valence-electron chi connectivity index (χ0n) is 9.28. The van der Waals surface area contributed by atoms with E-state index in [9.17, 15) is 0 Å². The number of unbranched alkanes of at least 4 members (excludes halogenated alkanes) is 1. The van der Waals surface area contributed by atoms with E-state index in [4.69, 9.17) is 5.26 Å². The third-order valence-corrected chi connectivity index (χ3v) is 3.09. The van der Waals surface area contributed by atoms with E-state index in [1.165, 1.54) is 0 Å². The van der Waals surface area contributed by atoms with Crippen LogP contribution in [0.15, 0.2) is 41.8 Å². The maximum Gasteiger partial charge on any atom is 0.208 e. The summed E-state index contributed by atoms with van der Waals surface area (Å²) < 4.78 is 1.76. The largest absolute Gasteiger partial charge is 0.220 e. The van der Waals surface area contributed by atoms with Crippen LogP contribution in [0.5, 0.6) is 0 Å². The Morgan fingerprint density at radius 1 is 1.29 bits per heavy atom. The predicted octanol–water partition coefficient (Wildman–Crippen LogP) is 2.66. The highest BCUT2D eigenvalue weighted by Crippen LogP contribution is 2.15. The van der Waals surface area contributed by atoms with Gasteiger partial charge in [-0.3, -0.25) is 0 Å². The summed E-state index contributed by atoms with van der Waals surface area (Å²) >= 11 is 1.58. The Kier molecular flexibility index (Phi) is 4.17. The van der Waals surface area contributed by atoms with Crippen molar-refractivity contribution in [2.24, 2.45) is 0 Å². The molecular weight excluding hydrogens is 232 g/mol. The SMILES string of the molecule is N#CCCCSc1ncn(-c2ccccc2)n1. The summed E-state index contributed by atoms with van der Waals surface area (Å²) in [6.07, 6.45) is 3.18. The van der Waals surface area contributed by atoms with Gasteiger partial charge in [-0.15, -0.1) is 5.10 Å². The van der Waals surface area contributed by atoms with Crippen molar-refractivity contribution in [1.82, 2.24) is 14.8 Å². The van der Waals surface area contributed by atoms with Crippen molar-refractivity contribution in [2.75, 3.05) is 5.75 Å². The Hall–Kier alpha value is -1.80. The number of hydrogen-bond donors (Lipinski definition) is 0. The van der Waals surface area contributed by atoms with Gasteiger partial charge in [0.1, 0.15) is 6.33 Å². The first kappa shape index (κ1) is 11.7. The minimum absolute atomic E-state index is 0.590. The summed E-state index contributed by atoms with van der Waals surface area (Å²) in [4.78, 5) is 4.22. The molecule has 0 radical (unpaired) electrons. The number of aromatic nitrogens is 3. The van der Waals surface area contributed by atoms with Crippen LogP contribution in [0.2, 0.25) is 0 Å². The Morgan fingerprint density at radius 3 is 2.88 bits per heavy atom. The molecule has 0 aliphatic rings. The van der Waals surface area contributed by atoms with Gasteiger partial charge in [-0.25, -0.2) is 9.67 Å². The van der Waals surface area contributed by atoms with E-state index >= 15 is 0 Å². The minimum atomic E-state index is 0.590. The molecule has 0 unspecified atom stereocenters. The average molecular weight is 244 g/mol. The van der Waals surface area contributed by atoms with Gasteiger partial charge in [-0.05, 0) is 18.6 Å². The molecule has 86 valence electrons. The molecule has 1 aromatic carbocycles. The second-order valence-corrected chi connectivity index (χ2v) is 4.48. The van der Waals surface area contributed by atoms with E-state index < -0.39 is 0 Å². The van der Waals surface area contributed by atoms with Crippen LogP contribution in [-0.2, 0) is 0 Å². The highest BCUT2D eigenvalue weighted by molar-refractivity contribution is 7.99. The maximum atomic E-state index is 8.42. The molecule has 0 saturated heterocycles. The number of rotatable bonds is 5. The summed E-state index contributed by atoms with van der Waals surface area (Å²) in [7, 11) is 0. The van der Waals surface area contributed by atoms with Crippen molar-refractivity contribution in [3.05, 3.63) is 36.7 Å². The third kappa shape index (κ3) is 3.33. The second-order valence-electron chi connectivity index (χ2n) is 3.42. The Bertz CT molecular complexity index is 501. The molecule has 0 fully saturated rings. The van der Waals surface area contributed by atoms with Crippen LogP contribution in [-0.4, -0.2) is 20.5 Å². The summed E-state index contributed by atoms with van der Waals surface area (Å²) in [6.45, 7) is 0. The molecular formula is C12H12N4S. The van der Waals surface area contributed by atoms with Crippen molar-refractivity contribution in [3.8, 4) is 11.8 Å². The molecule has 0 atom stereocenters. The predicted molar refractivity (Wildman–Crippen MR) is 66.9 cm³/mol. The van der Waals surface area contributed by atoms with Crippen molar-refractivity contribution in [2.45, 2.75) is 18.0 Å². The third-order valence-electron chi connectivity index (χ3n) is 2.16. The van der Waals surface area contributed by atoms with Gasteiger partial charge in [0.05, 0.1) is 11.8 Å². The fourth-order valence-electron chi connectivity index (χ4n) is 1.33. The number of nitriles is 1. The minimum Gasteiger partial charge on any atom is -0.220 e. The number of benzene rings is 1. The number of para-hydroxylation sites is 1. The Morgan fingerprint density at radius 2 is 2.12 bits per heavy atom. The monoisotopic (exact) mass is 244 g/mol. The van der Waals surface area contributed by atoms with Gasteiger partial charge >= 0.3 is 0 Å². The van der Waals surface area contributed by atoms with E-state index in [0.29, 0.717) is 6.42 Å². The molecule has 17 heavy (non-hydrogen) atoms. The molecule has 1 heterocycles. The summed E-state index contributed by atoms with van der Waals surface area (Å²) in [5.41, 5.74) is 1.00. The first-order valence-corrected chi connectivity index (χ1v) is 6.35. The average Bonchev–Trinajstić information content (AvgIpc) is 2.85. The van der Waals surface area contributed by atoms with E-state index in [-0.39, 0.29) is 0 Å². The molecule has 0 aliphatic heterocycles. The standard InChI is InChI=1S/C12H12N4S/c13-8-4-5-9-17-12-14-10-16(15-12)11-6-2-1-3-7-11/h1-3,6-7,10H,4-5,9H2. The van der Waals surface area contributed by atoms with Crippen LogP contribution in [0.25, 0.3) is 5.69 Å². The molecule has 0 N–H and O–H groups in total. The lowest BCUT2D eigenvalue weighted by atomic mass is 10.3. The van der Waals surface area contributed by atoms with E-state index in [1.807, 2.05) is 30.3 Å². The van der Waals surface area contributed by atoms with Crippen LogP contribution < -0.4 is 0 Å². The lowest BCUT2D eigenvalue weighted by Crippen LogP contribution is -1.93. The zero-order chi connectivity index (χ0) is 11.9. The molecule has 0 amide bonds. The molecule has 2 rings (SSSR count). The molecule has 5 heteroatoms. The lowest BCUT2D eigenvalue weighted by molar-refractivity contribution is 0.833. The second kappa shape index (κ2) is 6.06. The molecule has 0 saturated carbocycles. The topological polar surface area (TPSA) is 54.5 Å². The van der Waals surface area contributed by atoms with Crippen molar-refractivity contribution in [1.29, 1.82) is 5.26 Å². The normalized spacial score (nSPS) is 10.1. The van der Waals surface area contributed by atoms with Gasteiger partial charge in [-0.1, -0.05) is 30.0 Å². The van der Waals surface area contributed by atoms with Gasteiger partial charge in [0.25, 0.3) is 0 Å². The van der Waals surface area contributed by atoms with Crippen molar-refractivity contribution in [3.63, 3.8) is 0 Å². The van der Waals surface area contributed by atoms with Gasteiger partial charge in [-0.2, -0.15) is 5.26 Å². The van der Waals surface area contributed by atoms with Crippen LogP contribution in [0.1, 0.15) is 12.8 Å². The number of thioether (sulfide) groups is 1. The van der Waals surface area contributed by atoms with Crippen LogP contribution >= 0.6 is 11.8 Å². The van der Waals surface area contributed by atoms with E-state index in [2.05, 4.69) is 16.2 Å². The van der Waals surface area contributed by atoms with Crippen molar-refractivity contribution < 1.29 is 0 Å². The molecule has 0 aliphatic carbocycles. The summed E-state index contributed by atoms with van der Waals surface area (Å²) in [6, 6.07) is 12.0. The van der Waals surface area contributed by atoms with Gasteiger partial charge < -0.3 is 0 Å². The van der Waals surface area contributed by atoms with Crippen molar-refractivity contribution >= 4 is 11.8 Å². The fraction of sp³-hybridized carbons (Fsp3) is 0.250. The van der Waals surface area contributed by atoms with E-state index in [0.717, 1.165) is 23.0 Å². The fourth-order valence-corrected chi connectivity index (χ4v) is 2.07. The molecule has 4 nitrogen and oxygen atoms in total. The van der Waals surface area contributed by atoms with Crippen LogP contribution in [0.3, 0.4) is 0 Å². The van der Waals surface area contributed by atoms with Gasteiger partial charge in [0, 0.05) is 12.2 Å². The van der Waals surface area contributed by atoms with Gasteiger partial charge in [0.2, 0.25) is 5.16 Å². The Labute approximate surface area is 104 Å². The van der Waals surface area contributed by atoms with Crippen LogP contribution in [0.4, 0.5) is 0 Å². The van der Waals surface area contributed by atoms with Gasteiger partial charge in [0.15, 0.2) is 0 Å². The Balaban J connectivity index is 1.95. The zero-order valence-corrected chi connectivity index (χ0v) is 10.1. The lowest BCUT2D eigenvalue weighted by Gasteiger charge is -1.97. The summed E-state index contributed by atoms with van der Waals surface area (Å²) in [5, 5.41) is 13.5. The smallest absolute Gasteiger partial charge is 0.208 e. The molecule has 0 spiro atoms. The van der Waals surface area contributed by atoms with E-state index in [1.54, 1.807) is 22.8 Å². The first-order valence-electron chi connectivity index (χ1n) is 5.37. The highest BCUT2D eigenvalue weighted by atomic mass is 32.2. The quantitative estimate of drug-likeness (QED) is 0.599. The molecule has 1 aromatic heterocycles. The first-order chi connectivity index (χ1) is 8.40. The number of hydrogen-bond acceptors (Lipinski definition) is 4. The molecule has 2 aromatic rings. The number of nitrogens with zero attached hydrogens (tertiary/aromatic N) is 4. The molecule has 0 bridgehead atoms. The summed E-state index contributed by atoms with van der Waals surface area (Å²) in [5.74, 6) is 0.881. The highest BCUT2D eigenvalue weighted by Gasteiger charge is 2.02. The maximum absolute atomic E-state index is 8.42. The van der Waals surface area contributed by atoms with Crippen LogP contribution in [0, 0.1) is 11.3 Å².